The van der Waals surface area contributed by atoms with Crippen molar-refractivity contribution < 1.29 is 4.92 Å². The Balaban J connectivity index is 3.00. The molecule has 1 rings (SSSR count). The standard InChI is InChI=1S/C12H18N2O2/c1-8(2)7-13-11-6-12(14(15)16)10(4)5-9(11)3/h5-6,8,13H,7H2,1-4H3. The first-order chi connectivity index (χ1) is 7.41. The van der Waals surface area contributed by atoms with Crippen molar-refractivity contribution in [2.24, 2.45) is 5.92 Å². The number of aryl methyl sites for hydroxylation is 2. The molecule has 4 nitrogen and oxygen atoms in total. The smallest absolute Gasteiger partial charge is 0.274 e. The lowest BCUT2D eigenvalue weighted by Gasteiger charge is -2.12. The second kappa shape index (κ2) is 4.96. The molecule has 1 aromatic rings. The summed E-state index contributed by atoms with van der Waals surface area (Å²) in [7, 11) is 0. The molecule has 0 spiro atoms. The van der Waals surface area contributed by atoms with E-state index in [1.54, 1.807) is 13.0 Å². The first-order valence-corrected chi connectivity index (χ1v) is 5.41. The van der Waals surface area contributed by atoms with E-state index in [9.17, 15) is 10.1 Å². The van der Waals surface area contributed by atoms with E-state index in [1.807, 2.05) is 13.0 Å². The molecule has 16 heavy (non-hydrogen) atoms. The number of hydrogen-bond donors (Lipinski definition) is 1. The van der Waals surface area contributed by atoms with Crippen molar-refractivity contribution in [3.8, 4) is 0 Å². The third kappa shape index (κ3) is 2.95. The van der Waals surface area contributed by atoms with Crippen molar-refractivity contribution in [3.05, 3.63) is 33.4 Å². The van der Waals surface area contributed by atoms with Gasteiger partial charge in [-0.1, -0.05) is 13.8 Å². The summed E-state index contributed by atoms with van der Waals surface area (Å²) in [4.78, 5) is 10.5. The number of nitrogens with one attached hydrogen (secondary N) is 1. The Morgan fingerprint density at radius 2 is 1.94 bits per heavy atom. The Kier molecular flexibility index (Phi) is 3.88. The minimum absolute atomic E-state index is 0.178. The Labute approximate surface area is 95.8 Å². The molecule has 1 N–H and O–H groups in total. The van der Waals surface area contributed by atoms with Gasteiger partial charge in [0.15, 0.2) is 0 Å². The molecule has 0 amide bonds. The monoisotopic (exact) mass is 222 g/mol. The van der Waals surface area contributed by atoms with Gasteiger partial charge in [0.2, 0.25) is 0 Å². The van der Waals surface area contributed by atoms with Gasteiger partial charge in [-0.2, -0.15) is 0 Å². The summed E-state index contributed by atoms with van der Waals surface area (Å²) in [6, 6.07) is 3.47. The third-order valence-electron chi connectivity index (χ3n) is 2.44. The normalized spacial score (nSPS) is 10.6. The topological polar surface area (TPSA) is 55.2 Å². The van der Waals surface area contributed by atoms with E-state index >= 15 is 0 Å². The Bertz CT molecular complexity index is 400. The molecule has 0 saturated heterocycles. The lowest BCUT2D eigenvalue weighted by atomic mass is 10.1. The van der Waals surface area contributed by atoms with E-state index in [-0.39, 0.29) is 10.6 Å². The quantitative estimate of drug-likeness (QED) is 0.628. The molecule has 0 aliphatic heterocycles. The fourth-order valence-corrected chi connectivity index (χ4v) is 1.54. The van der Waals surface area contributed by atoms with Crippen LogP contribution in [-0.4, -0.2) is 11.5 Å². The molecule has 0 atom stereocenters. The zero-order valence-electron chi connectivity index (χ0n) is 10.2. The van der Waals surface area contributed by atoms with Crippen LogP contribution in [0, 0.1) is 29.9 Å². The molecular weight excluding hydrogens is 204 g/mol. The lowest BCUT2D eigenvalue weighted by molar-refractivity contribution is -0.385. The number of anilines is 1. The average Bonchev–Trinajstić information content (AvgIpc) is 2.15. The molecule has 0 saturated carbocycles. The molecule has 0 fully saturated rings. The number of nitro groups is 1. The summed E-state index contributed by atoms with van der Waals surface area (Å²) in [5.41, 5.74) is 2.78. The van der Waals surface area contributed by atoms with Crippen molar-refractivity contribution in [2.75, 3.05) is 11.9 Å². The number of rotatable bonds is 4. The Morgan fingerprint density at radius 1 is 1.31 bits per heavy atom. The van der Waals surface area contributed by atoms with Crippen molar-refractivity contribution in [2.45, 2.75) is 27.7 Å². The third-order valence-corrected chi connectivity index (χ3v) is 2.44. The number of hydrogen-bond acceptors (Lipinski definition) is 3. The molecule has 0 bridgehead atoms. The van der Waals surface area contributed by atoms with Gasteiger partial charge in [0.05, 0.1) is 4.92 Å². The summed E-state index contributed by atoms with van der Waals surface area (Å²) in [6.07, 6.45) is 0. The van der Waals surface area contributed by atoms with Gasteiger partial charge in [-0.3, -0.25) is 10.1 Å². The van der Waals surface area contributed by atoms with Gasteiger partial charge < -0.3 is 5.32 Å². The molecule has 4 heteroatoms. The maximum atomic E-state index is 10.8. The number of benzene rings is 1. The highest BCUT2D eigenvalue weighted by Gasteiger charge is 2.13. The van der Waals surface area contributed by atoms with Crippen LogP contribution in [0.2, 0.25) is 0 Å². The molecule has 0 aliphatic rings. The van der Waals surface area contributed by atoms with Gasteiger partial charge in [-0.05, 0) is 31.4 Å². The molecule has 1 aromatic carbocycles. The van der Waals surface area contributed by atoms with E-state index < -0.39 is 0 Å². The van der Waals surface area contributed by atoms with Gasteiger partial charge in [0, 0.05) is 23.9 Å². The fraction of sp³-hybridized carbons (Fsp3) is 0.500. The van der Waals surface area contributed by atoms with E-state index in [1.165, 1.54) is 0 Å². The molecular formula is C12H18N2O2. The van der Waals surface area contributed by atoms with Crippen LogP contribution in [0.1, 0.15) is 25.0 Å². The van der Waals surface area contributed by atoms with Crippen LogP contribution in [0.25, 0.3) is 0 Å². The second-order valence-corrected chi connectivity index (χ2v) is 4.49. The summed E-state index contributed by atoms with van der Waals surface area (Å²) in [5.74, 6) is 0.514. The minimum atomic E-state index is -0.338. The molecule has 0 aliphatic carbocycles. The summed E-state index contributed by atoms with van der Waals surface area (Å²) in [6.45, 7) is 8.74. The van der Waals surface area contributed by atoms with Crippen LogP contribution in [-0.2, 0) is 0 Å². The van der Waals surface area contributed by atoms with Crippen molar-refractivity contribution >= 4 is 11.4 Å². The van der Waals surface area contributed by atoms with Crippen LogP contribution in [0.15, 0.2) is 12.1 Å². The first-order valence-electron chi connectivity index (χ1n) is 5.41. The molecule has 0 aromatic heterocycles. The zero-order chi connectivity index (χ0) is 12.3. The Morgan fingerprint density at radius 3 is 2.44 bits per heavy atom. The van der Waals surface area contributed by atoms with Crippen molar-refractivity contribution in [3.63, 3.8) is 0 Å². The van der Waals surface area contributed by atoms with Gasteiger partial charge in [0.1, 0.15) is 0 Å². The summed E-state index contributed by atoms with van der Waals surface area (Å²) >= 11 is 0. The minimum Gasteiger partial charge on any atom is -0.384 e. The first kappa shape index (κ1) is 12.5. The highest BCUT2D eigenvalue weighted by Crippen LogP contribution is 2.26. The molecule has 0 heterocycles. The highest BCUT2D eigenvalue weighted by molar-refractivity contribution is 5.60. The SMILES string of the molecule is Cc1cc(C)c([N+](=O)[O-])cc1NCC(C)C. The van der Waals surface area contributed by atoms with E-state index in [0.717, 1.165) is 17.8 Å². The fourth-order valence-electron chi connectivity index (χ4n) is 1.54. The maximum Gasteiger partial charge on any atom is 0.274 e. The molecule has 88 valence electrons. The average molecular weight is 222 g/mol. The zero-order valence-corrected chi connectivity index (χ0v) is 10.2. The van der Waals surface area contributed by atoms with Crippen molar-refractivity contribution in [1.29, 1.82) is 0 Å². The van der Waals surface area contributed by atoms with Crippen LogP contribution in [0.5, 0.6) is 0 Å². The van der Waals surface area contributed by atoms with Gasteiger partial charge in [-0.15, -0.1) is 0 Å². The van der Waals surface area contributed by atoms with Gasteiger partial charge >= 0.3 is 0 Å². The lowest BCUT2D eigenvalue weighted by Crippen LogP contribution is -2.09. The van der Waals surface area contributed by atoms with Gasteiger partial charge in [-0.25, -0.2) is 0 Å². The van der Waals surface area contributed by atoms with Crippen molar-refractivity contribution in [1.82, 2.24) is 0 Å². The Hall–Kier alpha value is -1.58. The van der Waals surface area contributed by atoms with Crippen LogP contribution >= 0.6 is 0 Å². The number of nitrogens with zero attached hydrogens (tertiary/aromatic N) is 1. The van der Waals surface area contributed by atoms with Gasteiger partial charge in [0.25, 0.3) is 5.69 Å². The molecule has 0 radical (unpaired) electrons. The van der Waals surface area contributed by atoms with Crippen LogP contribution in [0.4, 0.5) is 11.4 Å². The van der Waals surface area contributed by atoms with E-state index in [2.05, 4.69) is 19.2 Å². The van der Waals surface area contributed by atoms with Crippen LogP contribution < -0.4 is 5.32 Å². The predicted octanol–water partition coefficient (Wildman–Crippen LogP) is 3.28. The number of nitro benzene ring substituents is 1. The second-order valence-electron chi connectivity index (χ2n) is 4.49. The van der Waals surface area contributed by atoms with Crippen LogP contribution in [0.3, 0.4) is 0 Å². The van der Waals surface area contributed by atoms with E-state index in [0.29, 0.717) is 11.5 Å². The predicted molar refractivity (Wildman–Crippen MR) is 65.9 cm³/mol. The highest BCUT2D eigenvalue weighted by atomic mass is 16.6. The summed E-state index contributed by atoms with van der Waals surface area (Å²) in [5, 5.41) is 14.0. The maximum absolute atomic E-state index is 10.8. The van der Waals surface area contributed by atoms with E-state index in [4.69, 9.17) is 0 Å². The molecule has 0 unspecified atom stereocenters. The largest absolute Gasteiger partial charge is 0.384 e. The summed E-state index contributed by atoms with van der Waals surface area (Å²) < 4.78 is 0.